The van der Waals surface area contributed by atoms with E-state index in [-0.39, 0.29) is 11.7 Å². The van der Waals surface area contributed by atoms with Crippen LogP contribution in [0.25, 0.3) is 22.2 Å². The maximum Gasteiger partial charge on any atom is 0.230 e. The number of ketones is 1. The van der Waals surface area contributed by atoms with E-state index >= 15 is 0 Å². The minimum absolute atomic E-state index is 0.0527. The van der Waals surface area contributed by atoms with Gasteiger partial charge in [0.15, 0.2) is 5.78 Å². The van der Waals surface area contributed by atoms with Crippen molar-refractivity contribution in [3.8, 4) is 17.0 Å². The molecular weight excluding hydrogens is 450 g/mol. The quantitative estimate of drug-likeness (QED) is 0.347. The van der Waals surface area contributed by atoms with Gasteiger partial charge in [-0.05, 0) is 36.1 Å². The Morgan fingerprint density at radius 1 is 0.833 bits per heavy atom. The zero-order valence-corrected chi connectivity index (χ0v) is 19.7. The molecular formula is C29H23N5O2. The summed E-state index contributed by atoms with van der Waals surface area (Å²) in [5.74, 6) is 1.67. The summed E-state index contributed by atoms with van der Waals surface area (Å²) in [4.78, 5) is 31.4. The van der Waals surface area contributed by atoms with Crippen molar-refractivity contribution < 1.29 is 9.53 Å². The lowest BCUT2D eigenvalue weighted by atomic mass is 9.82. The van der Waals surface area contributed by atoms with Gasteiger partial charge >= 0.3 is 0 Å². The van der Waals surface area contributed by atoms with Crippen LogP contribution in [0, 0.1) is 0 Å². The largest absolute Gasteiger partial charge is 0.497 e. The van der Waals surface area contributed by atoms with Gasteiger partial charge in [0.25, 0.3) is 0 Å². The Bertz CT molecular complexity index is 1570. The van der Waals surface area contributed by atoms with Crippen molar-refractivity contribution in [1.29, 1.82) is 0 Å². The van der Waals surface area contributed by atoms with Crippen LogP contribution in [0.5, 0.6) is 5.75 Å². The second kappa shape index (κ2) is 9.19. The van der Waals surface area contributed by atoms with E-state index in [1.807, 2.05) is 78.9 Å². The van der Waals surface area contributed by atoms with Gasteiger partial charge in [0.05, 0.1) is 29.6 Å². The van der Waals surface area contributed by atoms with Crippen molar-refractivity contribution in [2.45, 2.75) is 18.8 Å². The fourth-order valence-electron chi connectivity index (χ4n) is 4.67. The van der Waals surface area contributed by atoms with E-state index in [2.05, 4.69) is 15.3 Å². The lowest BCUT2D eigenvalue weighted by molar-refractivity contribution is 0.0962. The molecule has 0 spiro atoms. The average Bonchev–Trinajstić information content (AvgIpc) is 2.93. The van der Waals surface area contributed by atoms with Crippen molar-refractivity contribution in [2.75, 3.05) is 12.4 Å². The molecule has 7 heteroatoms. The average molecular weight is 474 g/mol. The summed E-state index contributed by atoms with van der Waals surface area (Å²) in [5, 5.41) is 4.13. The third kappa shape index (κ3) is 4.15. The Labute approximate surface area is 208 Å². The molecule has 1 N–H and O–H groups in total. The number of fused-ring (bicyclic) bond motifs is 2. The molecule has 5 aromatic rings. The Kier molecular flexibility index (Phi) is 5.58. The summed E-state index contributed by atoms with van der Waals surface area (Å²) in [6.45, 7) is 0. The number of carbonyl (C=O) groups is 1. The van der Waals surface area contributed by atoms with Gasteiger partial charge in [-0.15, -0.1) is 0 Å². The van der Waals surface area contributed by atoms with E-state index in [4.69, 9.17) is 14.7 Å². The number of methoxy groups -OCH3 is 1. The molecule has 0 saturated carbocycles. The number of hydrogen-bond acceptors (Lipinski definition) is 7. The minimum atomic E-state index is 0.0527. The van der Waals surface area contributed by atoms with Gasteiger partial charge in [0.2, 0.25) is 11.9 Å². The van der Waals surface area contributed by atoms with E-state index in [0.29, 0.717) is 30.3 Å². The molecule has 3 aromatic carbocycles. The molecule has 2 aromatic heterocycles. The maximum atomic E-state index is 12.9. The van der Waals surface area contributed by atoms with Crippen molar-refractivity contribution in [3.05, 3.63) is 102 Å². The molecule has 6 rings (SSSR count). The van der Waals surface area contributed by atoms with Crippen molar-refractivity contribution in [3.63, 3.8) is 0 Å². The molecule has 0 bridgehead atoms. The molecule has 0 aliphatic heterocycles. The number of aromatic nitrogens is 4. The predicted molar refractivity (Wildman–Crippen MR) is 139 cm³/mol. The molecule has 7 nitrogen and oxygen atoms in total. The number of carbonyl (C=O) groups excluding carboxylic acids is 1. The first-order valence-corrected chi connectivity index (χ1v) is 11.8. The van der Waals surface area contributed by atoms with Gasteiger partial charge in [0.1, 0.15) is 5.75 Å². The highest BCUT2D eigenvalue weighted by Crippen LogP contribution is 2.33. The lowest BCUT2D eigenvalue weighted by Crippen LogP contribution is -2.21. The van der Waals surface area contributed by atoms with Crippen LogP contribution in [0.3, 0.4) is 0 Å². The summed E-state index contributed by atoms with van der Waals surface area (Å²) in [7, 11) is 1.64. The highest BCUT2D eigenvalue weighted by Gasteiger charge is 2.28. The van der Waals surface area contributed by atoms with Crippen LogP contribution in [-0.4, -0.2) is 32.8 Å². The summed E-state index contributed by atoms with van der Waals surface area (Å²) < 4.78 is 5.26. The second-order valence-corrected chi connectivity index (χ2v) is 8.76. The minimum Gasteiger partial charge on any atom is -0.497 e. The van der Waals surface area contributed by atoms with Gasteiger partial charge in [-0.2, -0.15) is 0 Å². The van der Waals surface area contributed by atoms with Gasteiger partial charge in [0, 0.05) is 23.6 Å². The van der Waals surface area contributed by atoms with Crippen LogP contribution >= 0.6 is 0 Å². The van der Waals surface area contributed by atoms with Gasteiger partial charge in [-0.1, -0.05) is 60.7 Å². The number of benzene rings is 3. The van der Waals surface area contributed by atoms with Crippen LogP contribution in [-0.2, 0) is 6.42 Å². The van der Waals surface area contributed by atoms with Crippen LogP contribution in [0.2, 0.25) is 0 Å². The molecule has 36 heavy (non-hydrogen) atoms. The number of nitrogens with one attached hydrogen (secondary N) is 1. The first-order chi connectivity index (χ1) is 17.7. The summed E-state index contributed by atoms with van der Waals surface area (Å²) >= 11 is 0. The zero-order chi connectivity index (χ0) is 24.5. The fourth-order valence-corrected chi connectivity index (χ4v) is 4.67. The molecule has 0 unspecified atom stereocenters. The molecule has 2 heterocycles. The molecule has 1 aliphatic carbocycles. The summed E-state index contributed by atoms with van der Waals surface area (Å²) in [6, 6.07) is 25.8. The second-order valence-electron chi connectivity index (χ2n) is 8.76. The Hall–Kier alpha value is -4.65. The monoisotopic (exact) mass is 473 g/mol. The van der Waals surface area contributed by atoms with Crippen LogP contribution in [0.15, 0.2) is 85.1 Å². The van der Waals surface area contributed by atoms with E-state index in [9.17, 15) is 4.79 Å². The number of ether oxygens (including phenoxy) is 1. The van der Waals surface area contributed by atoms with Gasteiger partial charge in [-0.3, -0.25) is 10.1 Å². The molecule has 0 saturated heterocycles. The third-order valence-corrected chi connectivity index (χ3v) is 6.50. The molecule has 0 fully saturated rings. The highest BCUT2D eigenvalue weighted by atomic mass is 16.5. The topological polar surface area (TPSA) is 89.9 Å². The zero-order valence-electron chi connectivity index (χ0n) is 19.7. The summed E-state index contributed by atoms with van der Waals surface area (Å²) in [5.41, 5.74) is 5.05. The van der Waals surface area contributed by atoms with E-state index in [0.717, 1.165) is 39.2 Å². The SMILES string of the molecule is COc1ccc([C@@H]2CC(=O)c3cnc(Nc4nc(-c5ccccc5)c5ccccc5n4)nc3C2)cc1. The van der Waals surface area contributed by atoms with E-state index < -0.39 is 0 Å². The number of nitrogens with zero attached hydrogens (tertiary/aromatic N) is 4. The van der Waals surface area contributed by atoms with Crippen LogP contribution < -0.4 is 10.1 Å². The Morgan fingerprint density at radius 3 is 2.42 bits per heavy atom. The van der Waals surface area contributed by atoms with Crippen molar-refractivity contribution in [1.82, 2.24) is 19.9 Å². The first-order valence-electron chi connectivity index (χ1n) is 11.8. The normalized spacial score (nSPS) is 14.9. The summed E-state index contributed by atoms with van der Waals surface area (Å²) in [6.07, 6.45) is 2.69. The van der Waals surface area contributed by atoms with Crippen LogP contribution in [0.4, 0.5) is 11.9 Å². The Balaban J connectivity index is 1.33. The molecule has 1 atom stereocenters. The molecule has 176 valence electrons. The van der Waals surface area contributed by atoms with E-state index in [1.165, 1.54) is 0 Å². The standard InChI is InChI=1S/C29H23N5O2/c1-36-21-13-11-18(12-14-21)20-15-25-23(26(35)16-20)17-30-28(32-25)34-29-31-24-10-6-5-9-22(24)27(33-29)19-7-3-2-4-8-19/h2-14,17,20H,15-16H2,1H3,(H,30,31,32,33,34)/t20-/m0/s1. The fraction of sp³-hybridized carbons (Fsp3) is 0.138. The third-order valence-electron chi connectivity index (χ3n) is 6.50. The van der Waals surface area contributed by atoms with Crippen molar-refractivity contribution in [2.24, 2.45) is 0 Å². The van der Waals surface area contributed by atoms with E-state index in [1.54, 1.807) is 13.3 Å². The number of rotatable bonds is 5. The van der Waals surface area contributed by atoms with Crippen LogP contribution in [0.1, 0.15) is 34.0 Å². The number of Topliss-reactive ketones (excluding diaryl/α,β-unsaturated/α-hetero) is 1. The number of para-hydroxylation sites is 1. The molecule has 1 aliphatic rings. The Morgan fingerprint density at radius 2 is 1.61 bits per heavy atom. The maximum absolute atomic E-state index is 12.9. The lowest BCUT2D eigenvalue weighted by Gasteiger charge is -2.23. The number of anilines is 2. The number of hydrogen-bond donors (Lipinski definition) is 1. The predicted octanol–water partition coefficient (Wildman–Crippen LogP) is 5.75. The highest BCUT2D eigenvalue weighted by molar-refractivity contribution is 5.98. The smallest absolute Gasteiger partial charge is 0.230 e. The van der Waals surface area contributed by atoms with Gasteiger partial charge < -0.3 is 4.74 Å². The first kappa shape index (κ1) is 21.9. The van der Waals surface area contributed by atoms with Crippen molar-refractivity contribution >= 4 is 28.6 Å². The molecule has 0 radical (unpaired) electrons. The van der Waals surface area contributed by atoms with Gasteiger partial charge in [-0.25, -0.2) is 19.9 Å². The molecule has 0 amide bonds.